The Bertz CT molecular complexity index is 1570. The van der Waals surface area contributed by atoms with Gasteiger partial charge in [-0.25, -0.2) is 9.78 Å². The second kappa shape index (κ2) is 9.79. The second-order valence-corrected chi connectivity index (χ2v) is 10.9. The summed E-state index contributed by atoms with van der Waals surface area (Å²) in [5, 5.41) is 8.51. The van der Waals surface area contributed by atoms with Gasteiger partial charge in [-0.15, -0.1) is 0 Å². The number of nitrogens with zero attached hydrogens (tertiary/aromatic N) is 6. The molecule has 11 heteroatoms. The highest BCUT2D eigenvalue weighted by molar-refractivity contribution is 6.14. The van der Waals surface area contributed by atoms with E-state index < -0.39 is 5.60 Å². The van der Waals surface area contributed by atoms with Gasteiger partial charge < -0.3 is 24.6 Å². The van der Waals surface area contributed by atoms with E-state index in [1.165, 1.54) is 0 Å². The van der Waals surface area contributed by atoms with Crippen molar-refractivity contribution < 1.29 is 19.1 Å². The van der Waals surface area contributed by atoms with E-state index in [1.807, 2.05) is 70.6 Å². The molecule has 0 unspecified atom stereocenters. The van der Waals surface area contributed by atoms with Crippen LogP contribution in [0.2, 0.25) is 0 Å². The molecule has 1 fully saturated rings. The van der Waals surface area contributed by atoms with Gasteiger partial charge >= 0.3 is 6.09 Å². The van der Waals surface area contributed by atoms with E-state index in [0.717, 1.165) is 22.5 Å². The van der Waals surface area contributed by atoms with Crippen molar-refractivity contribution in [3.05, 3.63) is 47.5 Å². The number of nitrogens with one attached hydrogen (secondary N) is 1. The first-order chi connectivity index (χ1) is 18.4. The Hall–Kier alpha value is -4.28. The minimum absolute atomic E-state index is 0.268. The maximum atomic E-state index is 13.5. The van der Waals surface area contributed by atoms with Gasteiger partial charge in [0.05, 0.1) is 24.1 Å². The highest BCUT2D eigenvalue weighted by Crippen LogP contribution is 2.31. The van der Waals surface area contributed by atoms with Gasteiger partial charge in [0, 0.05) is 68.5 Å². The van der Waals surface area contributed by atoms with Crippen LogP contribution < -0.4 is 15.0 Å². The van der Waals surface area contributed by atoms with E-state index in [1.54, 1.807) is 22.8 Å². The summed E-state index contributed by atoms with van der Waals surface area (Å²) < 4.78 is 14.7. The lowest BCUT2D eigenvalue weighted by atomic mass is 10.1. The molecule has 2 amide bonds. The van der Waals surface area contributed by atoms with Gasteiger partial charge in [0.25, 0.3) is 5.91 Å². The van der Waals surface area contributed by atoms with Crippen molar-refractivity contribution in [1.29, 1.82) is 0 Å². The van der Waals surface area contributed by atoms with Crippen molar-refractivity contribution >= 4 is 39.9 Å². The lowest BCUT2D eigenvalue weighted by molar-refractivity contribution is 0.0240. The molecule has 5 rings (SSSR count). The van der Waals surface area contributed by atoms with Crippen LogP contribution in [0, 0.1) is 13.8 Å². The molecule has 1 saturated heterocycles. The molecule has 0 spiro atoms. The molecular weight excluding hydrogens is 498 g/mol. The van der Waals surface area contributed by atoms with Crippen LogP contribution in [0.5, 0.6) is 5.75 Å². The van der Waals surface area contributed by atoms with Crippen molar-refractivity contribution in [3.63, 3.8) is 0 Å². The molecule has 4 aromatic rings. The molecular formula is C28H35N7O4. The first-order valence-corrected chi connectivity index (χ1v) is 13.0. The number of hydrogen-bond acceptors (Lipinski definition) is 7. The van der Waals surface area contributed by atoms with Gasteiger partial charge in [0.1, 0.15) is 11.1 Å². The van der Waals surface area contributed by atoms with E-state index in [9.17, 15) is 9.59 Å². The predicted octanol–water partition coefficient (Wildman–Crippen LogP) is 4.16. The summed E-state index contributed by atoms with van der Waals surface area (Å²) in [5.41, 5.74) is 4.71. The zero-order chi connectivity index (χ0) is 28.1. The standard InChI is InChI=1S/C28H35N7O4/c1-17-18(2)35-15-19(14-23(38-7)25(35)29-17)30-26(36)20-8-9-22(21-16-32(6)31-24(20)21)33-10-12-34(13-11-33)27(37)39-28(3,4)5/h8-9,14-16H,10-13H2,1-7H3,(H,30,36). The van der Waals surface area contributed by atoms with E-state index in [2.05, 4.69) is 20.3 Å². The third-order valence-corrected chi connectivity index (χ3v) is 6.92. The number of pyridine rings is 1. The van der Waals surface area contributed by atoms with Gasteiger partial charge in [-0.05, 0) is 46.8 Å². The van der Waals surface area contributed by atoms with Gasteiger partial charge in [-0.2, -0.15) is 5.10 Å². The fourth-order valence-corrected chi connectivity index (χ4v) is 4.88. The number of carbonyl (C=O) groups is 2. The molecule has 11 nitrogen and oxygen atoms in total. The normalized spacial score (nSPS) is 14.2. The minimum atomic E-state index is -0.528. The Kier molecular flexibility index (Phi) is 6.61. The highest BCUT2D eigenvalue weighted by atomic mass is 16.6. The Morgan fingerprint density at radius 2 is 1.77 bits per heavy atom. The molecule has 4 heterocycles. The van der Waals surface area contributed by atoms with Crippen molar-refractivity contribution in [2.45, 2.75) is 40.2 Å². The lowest BCUT2D eigenvalue weighted by Crippen LogP contribution is -2.50. The van der Waals surface area contributed by atoms with Crippen molar-refractivity contribution in [1.82, 2.24) is 24.1 Å². The molecule has 1 N–H and O–H groups in total. The number of aromatic nitrogens is 4. The molecule has 0 aliphatic carbocycles. The van der Waals surface area contributed by atoms with E-state index in [-0.39, 0.29) is 12.0 Å². The number of fused-ring (bicyclic) bond motifs is 2. The molecule has 0 saturated carbocycles. The molecule has 0 atom stereocenters. The van der Waals surface area contributed by atoms with Gasteiger partial charge in [0.15, 0.2) is 11.4 Å². The summed E-state index contributed by atoms with van der Waals surface area (Å²) in [6.45, 7) is 11.9. The molecule has 3 aromatic heterocycles. The number of imidazole rings is 1. The molecule has 1 aliphatic rings. The van der Waals surface area contributed by atoms with E-state index in [4.69, 9.17) is 9.47 Å². The number of rotatable bonds is 4. The summed E-state index contributed by atoms with van der Waals surface area (Å²) in [6, 6.07) is 5.53. The fraction of sp³-hybridized carbons (Fsp3) is 0.429. The molecule has 0 radical (unpaired) electrons. The van der Waals surface area contributed by atoms with Crippen LogP contribution in [0.25, 0.3) is 16.6 Å². The molecule has 1 aliphatic heterocycles. The second-order valence-electron chi connectivity index (χ2n) is 10.9. The number of anilines is 2. The summed E-state index contributed by atoms with van der Waals surface area (Å²) in [5.74, 6) is 0.309. The van der Waals surface area contributed by atoms with Crippen LogP contribution in [0.15, 0.2) is 30.6 Å². The van der Waals surface area contributed by atoms with E-state index in [0.29, 0.717) is 54.3 Å². The van der Waals surface area contributed by atoms with Crippen molar-refractivity contribution in [3.8, 4) is 5.75 Å². The van der Waals surface area contributed by atoms with Gasteiger partial charge in [-0.3, -0.25) is 13.9 Å². The molecule has 0 bridgehead atoms. The average molecular weight is 534 g/mol. The van der Waals surface area contributed by atoms with Crippen LogP contribution in [-0.4, -0.2) is 75.0 Å². The largest absolute Gasteiger partial charge is 0.493 e. The number of aryl methyl sites for hydroxylation is 3. The van der Waals surface area contributed by atoms with Crippen LogP contribution >= 0.6 is 0 Å². The van der Waals surface area contributed by atoms with Gasteiger partial charge in [0.2, 0.25) is 0 Å². The van der Waals surface area contributed by atoms with Crippen LogP contribution in [0.4, 0.5) is 16.2 Å². The SMILES string of the molecule is COc1cc(NC(=O)c2ccc(N3CCN(C(=O)OC(C)(C)C)CC3)c3cn(C)nc23)cn2c(C)c(C)nc12. The highest BCUT2D eigenvalue weighted by Gasteiger charge is 2.27. The summed E-state index contributed by atoms with van der Waals surface area (Å²) >= 11 is 0. The maximum absolute atomic E-state index is 13.5. The Morgan fingerprint density at radius 3 is 2.44 bits per heavy atom. The average Bonchev–Trinajstić information content (AvgIpc) is 3.41. The number of carbonyl (C=O) groups excluding carboxylic acids is 2. The van der Waals surface area contributed by atoms with Crippen LogP contribution in [0.3, 0.4) is 0 Å². The summed E-state index contributed by atoms with van der Waals surface area (Å²) in [6.07, 6.45) is 3.48. The number of piperazine rings is 1. The number of amides is 2. The minimum Gasteiger partial charge on any atom is -0.493 e. The zero-order valence-electron chi connectivity index (χ0n) is 23.5. The van der Waals surface area contributed by atoms with Gasteiger partial charge in [-0.1, -0.05) is 0 Å². The van der Waals surface area contributed by atoms with Crippen molar-refractivity contribution in [2.24, 2.45) is 7.05 Å². The maximum Gasteiger partial charge on any atom is 0.410 e. The predicted molar refractivity (Wildman–Crippen MR) is 150 cm³/mol. The molecule has 39 heavy (non-hydrogen) atoms. The monoisotopic (exact) mass is 533 g/mol. The fourth-order valence-electron chi connectivity index (χ4n) is 4.88. The topological polar surface area (TPSA) is 106 Å². The molecule has 1 aromatic carbocycles. The Morgan fingerprint density at radius 1 is 1.05 bits per heavy atom. The third-order valence-electron chi connectivity index (χ3n) is 6.92. The molecule has 206 valence electrons. The lowest BCUT2D eigenvalue weighted by Gasteiger charge is -2.37. The zero-order valence-corrected chi connectivity index (χ0v) is 23.5. The number of methoxy groups -OCH3 is 1. The third kappa shape index (κ3) is 5.08. The number of benzene rings is 1. The first kappa shape index (κ1) is 26.3. The number of hydrogen-bond donors (Lipinski definition) is 1. The summed E-state index contributed by atoms with van der Waals surface area (Å²) in [7, 11) is 3.43. The Balaban J connectivity index is 1.39. The quantitative estimate of drug-likeness (QED) is 0.420. The Labute approximate surface area is 227 Å². The first-order valence-electron chi connectivity index (χ1n) is 13.0. The van der Waals surface area contributed by atoms with E-state index >= 15 is 0 Å². The van der Waals surface area contributed by atoms with Crippen molar-refractivity contribution in [2.75, 3.05) is 43.5 Å². The number of ether oxygens (including phenoxy) is 2. The smallest absolute Gasteiger partial charge is 0.410 e. The van der Waals surface area contributed by atoms with Crippen LogP contribution in [-0.2, 0) is 11.8 Å². The van der Waals surface area contributed by atoms with Crippen LogP contribution in [0.1, 0.15) is 42.5 Å². The summed E-state index contributed by atoms with van der Waals surface area (Å²) in [4.78, 5) is 34.5.